The second-order valence-corrected chi connectivity index (χ2v) is 10.9. The molecule has 1 heterocycles. The minimum atomic E-state index is -1.18. The van der Waals surface area contributed by atoms with Crippen molar-refractivity contribution in [3.63, 3.8) is 0 Å². The molecule has 0 aromatic heterocycles. The van der Waals surface area contributed by atoms with Crippen LogP contribution in [0.25, 0.3) is 55.6 Å². The molecule has 1 unspecified atom stereocenters. The predicted octanol–water partition coefficient (Wildman–Crippen LogP) is 9.50. The summed E-state index contributed by atoms with van der Waals surface area (Å²) in [5.41, 5.74) is 11.4. The van der Waals surface area contributed by atoms with Gasteiger partial charge in [0, 0.05) is 5.56 Å². The Labute approximate surface area is 225 Å². The number of benzene rings is 6. The quantitative estimate of drug-likeness (QED) is 0.233. The van der Waals surface area contributed by atoms with Crippen LogP contribution in [-0.4, -0.2) is 4.21 Å². The van der Waals surface area contributed by atoms with Crippen LogP contribution in [-0.2, 0) is 10.8 Å². The van der Waals surface area contributed by atoms with Gasteiger partial charge in [-0.3, -0.25) is 0 Å². The highest BCUT2D eigenvalue weighted by Crippen LogP contribution is 2.45. The molecule has 1 atom stereocenters. The monoisotopic (exact) mass is 504 g/mol. The molecule has 6 aromatic carbocycles. The summed E-state index contributed by atoms with van der Waals surface area (Å²) in [6, 6.07) is 50.8. The van der Waals surface area contributed by atoms with Crippen LogP contribution in [0.1, 0.15) is 0 Å². The summed E-state index contributed by atoms with van der Waals surface area (Å²) in [7, 11) is -1.18. The summed E-state index contributed by atoms with van der Waals surface area (Å²) in [4.78, 5) is 1.81. The molecule has 0 aliphatic carbocycles. The fourth-order valence-electron chi connectivity index (χ4n) is 5.39. The molecule has 0 saturated heterocycles. The Morgan fingerprint density at radius 1 is 0.342 bits per heavy atom. The van der Waals surface area contributed by atoms with Gasteiger partial charge in [-0.1, -0.05) is 121 Å². The van der Waals surface area contributed by atoms with Gasteiger partial charge >= 0.3 is 0 Å². The highest BCUT2D eigenvalue weighted by molar-refractivity contribution is 7.86. The third kappa shape index (κ3) is 3.91. The molecule has 2 heteroatoms. The summed E-state index contributed by atoms with van der Waals surface area (Å²) < 4.78 is 13.5. The fraction of sp³-hybridized carbons (Fsp3) is 0. The zero-order chi connectivity index (χ0) is 25.5. The largest absolute Gasteiger partial charge is 0.249 e. The van der Waals surface area contributed by atoms with Gasteiger partial charge in [0.05, 0.1) is 20.6 Å². The van der Waals surface area contributed by atoms with Crippen LogP contribution in [0, 0.1) is 0 Å². The number of hydrogen-bond acceptors (Lipinski definition) is 1. The topological polar surface area (TPSA) is 17.1 Å². The normalized spacial score (nSPS) is 13.6. The van der Waals surface area contributed by atoms with E-state index in [-0.39, 0.29) is 0 Å². The lowest BCUT2D eigenvalue weighted by Gasteiger charge is -2.11. The summed E-state index contributed by atoms with van der Waals surface area (Å²) >= 11 is 0. The van der Waals surface area contributed by atoms with Crippen molar-refractivity contribution in [2.45, 2.75) is 9.79 Å². The first kappa shape index (κ1) is 22.7. The Bertz CT molecular complexity index is 1830. The van der Waals surface area contributed by atoms with E-state index < -0.39 is 10.8 Å². The fourth-order valence-corrected chi connectivity index (χ4v) is 6.95. The van der Waals surface area contributed by atoms with Gasteiger partial charge in [-0.15, -0.1) is 0 Å². The minimum Gasteiger partial charge on any atom is -0.249 e. The van der Waals surface area contributed by atoms with Crippen molar-refractivity contribution in [3.05, 3.63) is 146 Å². The standard InChI is InChI=1S/C36H24OS/c37-38-35-21-5-4-18-33(35)34-20-9-19-32(36(34)38)31-17-8-16-30(24-31)29-15-7-14-28(23-29)27-13-6-12-26(22-27)25-10-2-1-3-11-25/h1-24H. The van der Waals surface area contributed by atoms with E-state index in [1.807, 2.05) is 24.3 Å². The van der Waals surface area contributed by atoms with E-state index in [9.17, 15) is 4.21 Å². The summed E-state index contributed by atoms with van der Waals surface area (Å²) in [6.45, 7) is 0. The van der Waals surface area contributed by atoms with Crippen molar-refractivity contribution in [2.24, 2.45) is 0 Å². The van der Waals surface area contributed by atoms with Crippen molar-refractivity contribution in [1.29, 1.82) is 0 Å². The molecule has 0 N–H and O–H groups in total. The second kappa shape index (κ2) is 9.41. The number of fused-ring (bicyclic) bond motifs is 3. The van der Waals surface area contributed by atoms with Gasteiger partial charge in [0.25, 0.3) is 0 Å². The summed E-state index contributed by atoms with van der Waals surface area (Å²) in [6.07, 6.45) is 0. The molecule has 6 aromatic rings. The lowest BCUT2D eigenvalue weighted by Crippen LogP contribution is -1.91. The van der Waals surface area contributed by atoms with Gasteiger partial charge in [-0.25, -0.2) is 4.21 Å². The highest BCUT2D eigenvalue weighted by atomic mass is 32.2. The lowest BCUT2D eigenvalue weighted by molar-refractivity contribution is 0.685. The zero-order valence-corrected chi connectivity index (χ0v) is 21.5. The van der Waals surface area contributed by atoms with Crippen LogP contribution in [0.2, 0.25) is 0 Å². The molecule has 0 amide bonds. The summed E-state index contributed by atoms with van der Waals surface area (Å²) in [5.74, 6) is 0. The Morgan fingerprint density at radius 2 is 0.763 bits per heavy atom. The van der Waals surface area contributed by atoms with Gasteiger partial charge in [-0.05, 0) is 74.3 Å². The average molecular weight is 505 g/mol. The maximum absolute atomic E-state index is 13.5. The average Bonchev–Trinajstić information content (AvgIpc) is 3.30. The summed E-state index contributed by atoms with van der Waals surface area (Å²) in [5, 5.41) is 0. The molecule has 0 spiro atoms. The molecule has 38 heavy (non-hydrogen) atoms. The molecule has 0 bridgehead atoms. The highest BCUT2D eigenvalue weighted by Gasteiger charge is 2.28. The van der Waals surface area contributed by atoms with Crippen LogP contribution in [0.4, 0.5) is 0 Å². The lowest BCUT2D eigenvalue weighted by atomic mass is 9.94. The third-order valence-electron chi connectivity index (χ3n) is 7.25. The van der Waals surface area contributed by atoms with Crippen LogP contribution in [0.5, 0.6) is 0 Å². The van der Waals surface area contributed by atoms with E-state index in [4.69, 9.17) is 0 Å². The molecular formula is C36H24OS. The number of rotatable bonds is 4. The maximum atomic E-state index is 13.5. The first-order valence-electron chi connectivity index (χ1n) is 12.8. The van der Waals surface area contributed by atoms with Crippen molar-refractivity contribution in [3.8, 4) is 55.6 Å². The van der Waals surface area contributed by atoms with Gasteiger partial charge in [0.15, 0.2) is 0 Å². The van der Waals surface area contributed by atoms with Crippen molar-refractivity contribution in [2.75, 3.05) is 0 Å². The number of hydrogen-bond donors (Lipinski definition) is 0. The zero-order valence-electron chi connectivity index (χ0n) is 20.7. The van der Waals surface area contributed by atoms with E-state index in [0.29, 0.717) is 0 Å². The van der Waals surface area contributed by atoms with Crippen molar-refractivity contribution < 1.29 is 4.21 Å². The van der Waals surface area contributed by atoms with Gasteiger partial charge in [0.2, 0.25) is 0 Å². The first-order valence-corrected chi connectivity index (χ1v) is 13.9. The van der Waals surface area contributed by atoms with Crippen molar-refractivity contribution >= 4 is 10.8 Å². The Kier molecular flexibility index (Phi) is 5.61. The molecule has 7 rings (SSSR count). The Morgan fingerprint density at radius 3 is 1.42 bits per heavy atom. The maximum Gasteiger partial charge on any atom is 0.0868 e. The van der Waals surface area contributed by atoms with E-state index in [2.05, 4.69) is 121 Å². The van der Waals surface area contributed by atoms with Crippen molar-refractivity contribution in [1.82, 2.24) is 0 Å². The molecule has 0 radical (unpaired) electrons. The second-order valence-electron chi connectivity index (χ2n) is 9.56. The van der Waals surface area contributed by atoms with Crippen LogP contribution < -0.4 is 0 Å². The predicted molar refractivity (Wildman–Crippen MR) is 158 cm³/mol. The minimum absolute atomic E-state index is 0.900. The molecule has 1 aliphatic heterocycles. The van der Waals surface area contributed by atoms with E-state index in [1.54, 1.807) is 0 Å². The molecule has 180 valence electrons. The van der Waals surface area contributed by atoms with E-state index in [1.165, 1.54) is 22.3 Å². The van der Waals surface area contributed by atoms with Crippen LogP contribution >= 0.6 is 0 Å². The molecule has 1 nitrogen and oxygen atoms in total. The van der Waals surface area contributed by atoms with Gasteiger partial charge in [0.1, 0.15) is 0 Å². The van der Waals surface area contributed by atoms with E-state index in [0.717, 1.165) is 43.2 Å². The van der Waals surface area contributed by atoms with Crippen LogP contribution in [0.3, 0.4) is 0 Å². The van der Waals surface area contributed by atoms with Gasteiger partial charge < -0.3 is 0 Å². The van der Waals surface area contributed by atoms with E-state index >= 15 is 0 Å². The Balaban J connectivity index is 1.27. The Hall–Kier alpha value is -4.53. The molecule has 1 aliphatic rings. The molecular weight excluding hydrogens is 480 g/mol. The first-order chi connectivity index (χ1) is 18.8. The molecule has 0 fully saturated rings. The SMILES string of the molecule is O=S1c2ccccc2-c2cccc(-c3cccc(-c4cccc(-c5cccc(-c6ccccc6)c5)c4)c3)c21. The van der Waals surface area contributed by atoms with Crippen LogP contribution in [0.15, 0.2) is 155 Å². The smallest absolute Gasteiger partial charge is 0.0868 e. The van der Waals surface area contributed by atoms with Gasteiger partial charge in [-0.2, -0.15) is 0 Å². The molecule has 0 saturated carbocycles. The third-order valence-corrected chi connectivity index (χ3v) is 8.82.